The molecule has 0 amide bonds. The minimum atomic E-state index is 0.199. The number of para-hydroxylation sites is 2. The van der Waals surface area contributed by atoms with E-state index in [2.05, 4.69) is 203 Å². The van der Waals surface area contributed by atoms with Crippen molar-refractivity contribution in [1.29, 1.82) is 0 Å². The van der Waals surface area contributed by atoms with Crippen molar-refractivity contribution in [2.24, 2.45) is 0 Å². The molecule has 2 heterocycles. The molecule has 60 heavy (non-hydrogen) atoms. The number of fused-ring (bicyclic) bond motifs is 6. The molecule has 278 valence electrons. The Morgan fingerprint density at radius 2 is 0.583 bits per heavy atom. The fourth-order valence-electron chi connectivity index (χ4n) is 12.8. The minimum absolute atomic E-state index is 0.199. The molecular weight excluding hydrogens is 725 g/mol. The average molecular weight is 761 g/mol. The summed E-state index contributed by atoms with van der Waals surface area (Å²) in [6.07, 6.45) is 0. The molecule has 6 aliphatic carbocycles. The Hall–Kier alpha value is -7.42. The van der Waals surface area contributed by atoms with E-state index in [9.17, 15) is 0 Å². The summed E-state index contributed by atoms with van der Waals surface area (Å²) < 4.78 is 5.05. The van der Waals surface area contributed by atoms with E-state index in [1.807, 2.05) is 0 Å². The summed E-state index contributed by atoms with van der Waals surface area (Å²) in [5.74, 6) is 0.879. The van der Waals surface area contributed by atoms with Gasteiger partial charge in [-0.15, -0.1) is 0 Å². The van der Waals surface area contributed by atoms with Crippen LogP contribution < -0.4 is 0 Å². The molecule has 2 heteroatoms. The van der Waals surface area contributed by atoms with Crippen molar-refractivity contribution in [2.45, 2.75) is 23.7 Å². The van der Waals surface area contributed by atoms with Gasteiger partial charge in [-0.25, -0.2) is 0 Å². The van der Waals surface area contributed by atoms with Crippen LogP contribution >= 0.6 is 0 Å². The lowest BCUT2D eigenvalue weighted by atomic mass is 9.60. The van der Waals surface area contributed by atoms with Gasteiger partial charge in [0.25, 0.3) is 0 Å². The zero-order valence-corrected chi connectivity index (χ0v) is 32.7. The lowest BCUT2D eigenvalue weighted by Crippen LogP contribution is -2.27. The highest BCUT2D eigenvalue weighted by molar-refractivity contribution is 6.14. The van der Waals surface area contributed by atoms with Gasteiger partial charge in [0.2, 0.25) is 0 Å². The Balaban J connectivity index is 0.970. The van der Waals surface area contributed by atoms with Crippen molar-refractivity contribution in [3.8, 4) is 11.4 Å². The first kappa shape index (κ1) is 31.6. The lowest BCUT2D eigenvalue weighted by molar-refractivity contribution is 0.761. The van der Waals surface area contributed by atoms with E-state index in [1.54, 1.807) is 0 Å². The quantitative estimate of drug-likeness (QED) is 0.166. The molecule has 9 aromatic carbocycles. The fourth-order valence-corrected chi connectivity index (χ4v) is 12.8. The predicted octanol–water partition coefficient (Wildman–Crippen LogP) is 13.9. The zero-order valence-electron chi connectivity index (χ0n) is 32.7. The first-order valence-corrected chi connectivity index (χ1v) is 21.4. The van der Waals surface area contributed by atoms with Gasteiger partial charge in [0.15, 0.2) is 0 Å². The van der Waals surface area contributed by atoms with Crippen LogP contribution in [-0.2, 0) is 0 Å². The third-order valence-corrected chi connectivity index (χ3v) is 14.8. The summed E-state index contributed by atoms with van der Waals surface area (Å²) in [5, 5.41) is 5.39. The molecule has 0 saturated heterocycles. The molecule has 0 fully saturated rings. The highest BCUT2D eigenvalue weighted by atomic mass is 15.0. The molecule has 4 bridgehead atoms. The molecule has 0 unspecified atom stereocenters. The van der Waals surface area contributed by atoms with Crippen molar-refractivity contribution >= 4 is 43.6 Å². The number of nitrogens with zero attached hydrogens (tertiary/aromatic N) is 2. The van der Waals surface area contributed by atoms with E-state index in [0.717, 1.165) is 0 Å². The number of aromatic nitrogens is 2. The maximum absolute atomic E-state index is 2.52. The van der Waals surface area contributed by atoms with Crippen LogP contribution in [0.1, 0.15) is 90.4 Å². The summed E-state index contributed by atoms with van der Waals surface area (Å²) in [7, 11) is 0. The minimum Gasteiger partial charge on any atom is -0.309 e. The summed E-state index contributed by atoms with van der Waals surface area (Å²) in [6.45, 7) is 0. The molecule has 2 aromatic heterocycles. The summed E-state index contributed by atoms with van der Waals surface area (Å²) in [6, 6.07) is 73.8. The van der Waals surface area contributed by atoms with Gasteiger partial charge in [0, 0.05) is 56.6 Å². The maximum atomic E-state index is 2.52. The number of benzene rings is 9. The molecule has 0 N–H and O–H groups in total. The van der Waals surface area contributed by atoms with Gasteiger partial charge in [-0.1, -0.05) is 152 Å². The highest BCUT2D eigenvalue weighted by Crippen LogP contribution is 2.60. The number of rotatable bonds is 2. The molecule has 17 rings (SSSR count). The Kier molecular flexibility index (Phi) is 5.89. The largest absolute Gasteiger partial charge is 0.309 e. The van der Waals surface area contributed by atoms with Crippen LogP contribution in [0.2, 0.25) is 0 Å². The van der Waals surface area contributed by atoms with Gasteiger partial charge in [0.05, 0.1) is 22.1 Å². The fraction of sp³-hybridized carbons (Fsp3) is 0.0690. The number of hydrogen-bond donors (Lipinski definition) is 0. The molecule has 6 aliphatic rings. The van der Waals surface area contributed by atoms with Crippen LogP contribution in [0.25, 0.3) is 55.0 Å². The highest BCUT2D eigenvalue weighted by Gasteiger charge is 2.44. The molecule has 0 atom stereocenters. The Labute approximate surface area is 347 Å². The first-order chi connectivity index (χ1) is 29.8. The van der Waals surface area contributed by atoms with E-state index < -0.39 is 0 Å². The monoisotopic (exact) mass is 760 g/mol. The van der Waals surface area contributed by atoms with Gasteiger partial charge in [0.1, 0.15) is 0 Å². The molecule has 11 aromatic rings. The Morgan fingerprint density at radius 1 is 0.250 bits per heavy atom. The van der Waals surface area contributed by atoms with Crippen LogP contribution in [-0.4, -0.2) is 9.13 Å². The number of hydrogen-bond acceptors (Lipinski definition) is 0. The molecule has 0 radical (unpaired) electrons. The van der Waals surface area contributed by atoms with Crippen LogP contribution in [0.15, 0.2) is 194 Å². The van der Waals surface area contributed by atoms with E-state index in [4.69, 9.17) is 0 Å². The van der Waals surface area contributed by atoms with Gasteiger partial charge in [-0.2, -0.15) is 0 Å². The Morgan fingerprint density at radius 3 is 0.967 bits per heavy atom. The van der Waals surface area contributed by atoms with Crippen molar-refractivity contribution in [2.75, 3.05) is 0 Å². The van der Waals surface area contributed by atoms with Crippen LogP contribution in [0, 0.1) is 0 Å². The van der Waals surface area contributed by atoms with Crippen LogP contribution in [0.4, 0.5) is 0 Å². The second-order valence-electron chi connectivity index (χ2n) is 17.4. The third-order valence-electron chi connectivity index (χ3n) is 14.8. The van der Waals surface area contributed by atoms with E-state index in [0.29, 0.717) is 0 Å². The van der Waals surface area contributed by atoms with E-state index in [1.165, 1.54) is 122 Å². The molecular formula is C58H36N2. The van der Waals surface area contributed by atoms with Gasteiger partial charge in [-0.3, -0.25) is 0 Å². The summed E-state index contributed by atoms with van der Waals surface area (Å²) in [4.78, 5) is 0. The molecule has 2 nitrogen and oxygen atoms in total. The molecule has 0 saturated carbocycles. The molecule has 0 spiro atoms. The second-order valence-corrected chi connectivity index (χ2v) is 17.4. The zero-order chi connectivity index (χ0) is 38.8. The smallest absolute Gasteiger partial charge is 0.0544 e. The normalized spacial score (nSPS) is 18.7. The third kappa shape index (κ3) is 3.73. The predicted molar refractivity (Wildman–Crippen MR) is 245 cm³/mol. The molecule has 0 aliphatic heterocycles. The van der Waals surface area contributed by atoms with Crippen molar-refractivity contribution < 1.29 is 0 Å². The lowest BCUT2D eigenvalue weighted by Gasteiger charge is -2.42. The Bertz CT molecular complexity index is 3370. The van der Waals surface area contributed by atoms with Gasteiger partial charge >= 0.3 is 0 Å². The van der Waals surface area contributed by atoms with E-state index >= 15 is 0 Å². The van der Waals surface area contributed by atoms with Crippen LogP contribution in [0.5, 0.6) is 0 Å². The van der Waals surface area contributed by atoms with Crippen LogP contribution in [0.3, 0.4) is 0 Å². The van der Waals surface area contributed by atoms with E-state index in [-0.39, 0.29) is 23.7 Å². The summed E-state index contributed by atoms with van der Waals surface area (Å²) in [5.41, 5.74) is 24.9. The van der Waals surface area contributed by atoms with Gasteiger partial charge in [-0.05, 0) is 109 Å². The second kappa shape index (κ2) is 11.2. The topological polar surface area (TPSA) is 9.86 Å². The summed E-state index contributed by atoms with van der Waals surface area (Å²) >= 11 is 0. The van der Waals surface area contributed by atoms with Crippen molar-refractivity contribution in [1.82, 2.24) is 9.13 Å². The standard InChI is InChI=1S/C58H36N2/c1-5-20-39-35(16-1)51-36-17-2-6-21-40(36)53(39)57-45(51)28-30-49-55(57)43-24-9-11-26-47(43)59(49)33-14-13-15-34(32-33)60-48-27-12-10-25-44(48)56-50(60)31-29-46-52-37-18-3-7-22-41(37)54(58(46)56)42-23-8-4-19-38(42)52/h1-32,51-54H. The average Bonchev–Trinajstić information content (AvgIpc) is 3.85. The maximum Gasteiger partial charge on any atom is 0.0544 e. The SMILES string of the molecule is c1cc(-n2c3ccccc3c3c4c(ccc32)C2c3ccccc3C4c3ccccc32)cc(-n2c3ccccc3c3c4c(ccc32)C2c3ccccc3C4c3ccccc32)c1. The van der Waals surface area contributed by atoms with Crippen molar-refractivity contribution in [3.05, 3.63) is 261 Å². The van der Waals surface area contributed by atoms with Crippen molar-refractivity contribution in [3.63, 3.8) is 0 Å². The first-order valence-electron chi connectivity index (χ1n) is 21.4. The van der Waals surface area contributed by atoms with Gasteiger partial charge < -0.3 is 9.13 Å².